The van der Waals surface area contributed by atoms with Gasteiger partial charge in [-0.05, 0) is 17.7 Å². The van der Waals surface area contributed by atoms with Crippen LogP contribution in [0.5, 0.6) is 0 Å². The molecule has 0 unspecified atom stereocenters. The summed E-state index contributed by atoms with van der Waals surface area (Å²) in [6.45, 7) is 1.01. The molecule has 0 fully saturated rings. The fourth-order valence-corrected chi connectivity index (χ4v) is 1.73. The lowest BCUT2D eigenvalue weighted by Crippen LogP contribution is -2.16. The zero-order valence-electron chi connectivity index (χ0n) is 10.4. The third-order valence-corrected chi connectivity index (χ3v) is 2.80. The maximum Gasteiger partial charge on any atom is 0.338 e. The van der Waals surface area contributed by atoms with E-state index in [1.54, 1.807) is 12.3 Å². The van der Waals surface area contributed by atoms with Gasteiger partial charge in [0.1, 0.15) is 11.6 Å². The van der Waals surface area contributed by atoms with Gasteiger partial charge in [-0.25, -0.2) is 14.2 Å². The first-order chi connectivity index (χ1) is 9.08. The van der Waals surface area contributed by atoms with Crippen molar-refractivity contribution in [3.63, 3.8) is 0 Å². The van der Waals surface area contributed by atoms with Gasteiger partial charge >= 0.3 is 5.97 Å². The summed E-state index contributed by atoms with van der Waals surface area (Å²) in [4.78, 5) is 14.8. The third kappa shape index (κ3) is 3.17. The molecule has 1 aromatic heterocycles. The van der Waals surface area contributed by atoms with Gasteiger partial charge in [0.05, 0.1) is 12.1 Å². The Morgan fingerprint density at radius 2 is 2.26 bits per heavy atom. The molecule has 0 amide bonds. The smallest absolute Gasteiger partial charge is 0.338 e. The Bertz CT molecular complexity index is 595. The maximum absolute atomic E-state index is 13.4. The van der Waals surface area contributed by atoms with Crippen molar-refractivity contribution in [3.05, 3.63) is 53.4 Å². The van der Waals surface area contributed by atoms with E-state index >= 15 is 0 Å². The number of carboxylic acids is 1. The number of halogens is 1. The van der Waals surface area contributed by atoms with E-state index in [-0.39, 0.29) is 5.56 Å². The standard InChI is InChI=1S/C13H14FN3O2/c1-17-5-4-16-12(17)8-15-7-9-2-3-10(13(18)19)11(14)6-9/h2-6,15H,7-8H2,1H3,(H,18,19). The van der Waals surface area contributed by atoms with Gasteiger partial charge in [-0.15, -0.1) is 0 Å². The molecule has 0 bridgehead atoms. The van der Waals surface area contributed by atoms with E-state index in [1.165, 1.54) is 12.1 Å². The van der Waals surface area contributed by atoms with Crippen molar-refractivity contribution in [1.82, 2.24) is 14.9 Å². The van der Waals surface area contributed by atoms with Crippen molar-refractivity contribution in [2.24, 2.45) is 7.05 Å². The number of aromatic nitrogens is 2. The zero-order chi connectivity index (χ0) is 13.8. The summed E-state index contributed by atoms with van der Waals surface area (Å²) in [5.41, 5.74) is 0.379. The van der Waals surface area contributed by atoms with E-state index < -0.39 is 11.8 Å². The van der Waals surface area contributed by atoms with Gasteiger partial charge in [-0.3, -0.25) is 0 Å². The molecule has 0 radical (unpaired) electrons. The Balaban J connectivity index is 1.95. The fourth-order valence-electron chi connectivity index (χ4n) is 1.73. The molecule has 1 aromatic carbocycles. The SMILES string of the molecule is Cn1ccnc1CNCc1ccc(C(=O)O)c(F)c1. The average Bonchev–Trinajstić information content (AvgIpc) is 2.75. The first kappa shape index (κ1) is 13.2. The van der Waals surface area contributed by atoms with E-state index in [0.717, 1.165) is 5.82 Å². The molecular weight excluding hydrogens is 249 g/mol. The summed E-state index contributed by atoms with van der Waals surface area (Å²) < 4.78 is 15.3. The summed E-state index contributed by atoms with van der Waals surface area (Å²) in [5, 5.41) is 11.8. The van der Waals surface area contributed by atoms with Crippen molar-refractivity contribution in [3.8, 4) is 0 Å². The molecule has 0 saturated heterocycles. The van der Waals surface area contributed by atoms with Crippen LogP contribution in [0.15, 0.2) is 30.6 Å². The van der Waals surface area contributed by atoms with Crippen LogP contribution in [0, 0.1) is 5.82 Å². The minimum atomic E-state index is -1.26. The van der Waals surface area contributed by atoms with Crippen LogP contribution in [0.25, 0.3) is 0 Å². The molecule has 0 aliphatic heterocycles. The second-order valence-electron chi connectivity index (χ2n) is 4.18. The molecule has 2 rings (SSSR count). The van der Waals surface area contributed by atoms with Crippen molar-refractivity contribution in [1.29, 1.82) is 0 Å². The highest BCUT2D eigenvalue weighted by Gasteiger charge is 2.10. The second kappa shape index (κ2) is 5.62. The number of carbonyl (C=O) groups is 1. The average molecular weight is 263 g/mol. The first-order valence-electron chi connectivity index (χ1n) is 5.76. The number of rotatable bonds is 5. The summed E-state index contributed by atoms with van der Waals surface area (Å²) in [7, 11) is 1.89. The second-order valence-corrected chi connectivity index (χ2v) is 4.18. The maximum atomic E-state index is 13.4. The van der Waals surface area contributed by atoms with Gasteiger partial charge in [-0.1, -0.05) is 6.07 Å². The molecule has 0 atom stereocenters. The van der Waals surface area contributed by atoms with E-state index in [1.807, 2.05) is 17.8 Å². The van der Waals surface area contributed by atoms with Gasteiger partial charge in [0.25, 0.3) is 0 Å². The molecular formula is C13H14FN3O2. The largest absolute Gasteiger partial charge is 0.478 e. The van der Waals surface area contributed by atoms with Gasteiger partial charge in [0.2, 0.25) is 0 Å². The molecule has 1 heterocycles. The monoisotopic (exact) mass is 263 g/mol. The Hall–Kier alpha value is -2.21. The van der Waals surface area contributed by atoms with Crippen LogP contribution in [0.2, 0.25) is 0 Å². The van der Waals surface area contributed by atoms with Crippen LogP contribution >= 0.6 is 0 Å². The Morgan fingerprint density at radius 1 is 1.47 bits per heavy atom. The van der Waals surface area contributed by atoms with Crippen molar-refractivity contribution in [2.75, 3.05) is 0 Å². The van der Waals surface area contributed by atoms with Crippen LogP contribution in [-0.4, -0.2) is 20.6 Å². The number of nitrogens with one attached hydrogen (secondary N) is 1. The Labute approximate surface area is 109 Å². The molecule has 6 heteroatoms. The quantitative estimate of drug-likeness (QED) is 0.858. The lowest BCUT2D eigenvalue weighted by atomic mass is 10.1. The molecule has 2 aromatic rings. The first-order valence-corrected chi connectivity index (χ1v) is 5.76. The van der Waals surface area contributed by atoms with E-state index in [9.17, 15) is 9.18 Å². The number of nitrogens with zero attached hydrogens (tertiary/aromatic N) is 2. The Kier molecular flexibility index (Phi) is 3.91. The summed E-state index contributed by atoms with van der Waals surface area (Å²) in [6, 6.07) is 4.10. The highest BCUT2D eigenvalue weighted by Crippen LogP contribution is 2.10. The van der Waals surface area contributed by atoms with Gasteiger partial charge in [0.15, 0.2) is 0 Å². The molecule has 100 valence electrons. The highest BCUT2D eigenvalue weighted by atomic mass is 19.1. The molecule has 19 heavy (non-hydrogen) atoms. The van der Waals surface area contributed by atoms with Crippen molar-refractivity contribution in [2.45, 2.75) is 13.1 Å². The topological polar surface area (TPSA) is 67.2 Å². The number of benzene rings is 1. The lowest BCUT2D eigenvalue weighted by Gasteiger charge is -2.06. The van der Waals surface area contributed by atoms with E-state index in [0.29, 0.717) is 18.7 Å². The number of aromatic carboxylic acids is 1. The summed E-state index contributed by atoms with van der Waals surface area (Å²) in [5.74, 6) is -1.10. The molecule has 0 saturated carbocycles. The normalized spacial score (nSPS) is 10.6. The molecule has 2 N–H and O–H groups in total. The molecule has 0 aliphatic rings. The van der Waals surface area contributed by atoms with Crippen LogP contribution in [0.1, 0.15) is 21.7 Å². The molecule has 0 aliphatic carbocycles. The lowest BCUT2D eigenvalue weighted by molar-refractivity contribution is 0.0692. The van der Waals surface area contributed by atoms with Crippen LogP contribution in [0.3, 0.4) is 0 Å². The van der Waals surface area contributed by atoms with Crippen LogP contribution < -0.4 is 5.32 Å². The van der Waals surface area contributed by atoms with Crippen molar-refractivity contribution >= 4 is 5.97 Å². The van der Waals surface area contributed by atoms with Gasteiger partial charge in [-0.2, -0.15) is 0 Å². The minimum Gasteiger partial charge on any atom is -0.478 e. The minimum absolute atomic E-state index is 0.312. The van der Waals surface area contributed by atoms with Gasteiger partial charge < -0.3 is 15.0 Å². The summed E-state index contributed by atoms with van der Waals surface area (Å²) >= 11 is 0. The predicted octanol–water partition coefficient (Wildman–Crippen LogP) is 1.55. The summed E-state index contributed by atoms with van der Waals surface area (Å²) in [6.07, 6.45) is 3.55. The van der Waals surface area contributed by atoms with Crippen molar-refractivity contribution < 1.29 is 14.3 Å². The Morgan fingerprint density at radius 3 is 2.84 bits per heavy atom. The van der Waals surface area contributed by atoms with E-state index in [4.69, 9.17) is 5.11 Å². The van der Waals surface area contributed by atoms with E-state index in [2.05, 4.69) is 10.3 Å². The number of aryl methyl sites for hydroxylation is 1. The van der Waals surface area contributed by atoms with Crippen LogP contribution in [-0.2, 0) is 20.1 Å². The van der Waals surface area contributed by atoms with Crippen LogP contribution in [0.4, 0.5) is 4.39 Å². The zero-order valence-corrected chi connectivity index (χ0v) is 10.4. The fraction of sp³-hybridized carbons (Fsp3) is 0.231. The number of hydrogen-bond acceptors (Lipinski definition) is 3. The molecule has 5 nitrogen and oxygen atoms in total. The number of hydrogen-bond donors (Lipinski definition) is 2. The number of imidazole rings is 1. The third-order valence-electron chi connectivity index (χ3n) is 2.80. The molecule has 0 spiro atoms. The number of carboxylic acid groups (broad SMARTS) is 1. The predicted molar refractivity (Wildman–Crippen MR) is 67.1 cm³/mol. The van der Waals surface area contributed by atoms with Gasteiger partial charge in [0, 0.05) is 26.0 Å². The highest BCUT2D eigenvalue weighted by molar-refractivity contribution is 5.87.